The summed E-state index contributed by atoms with van der Waals surface area (Å²) in [5.74, 6) is -0.203. The molecule has 0 saturated heterocycles. The number of benzene rings is 3. The summed E-state index contributed by atoms with van der Waals surface area (Å²) in [7, 11) is 0. The molecule has 2 heteroatoms. The quantitative estimate of drug-likeness (QED) is 0.302. The van der Waals surface area contributed by atoms with Gasteiger partial charge in [-0.3, -0.25) is 0 Å². The molecule has 0 aliphatic rings. The van der Waals surface area contributed by atoms with Gasteiger partial charge in [-0.05, 0) is 55.1 Å². The minimum Gasteiger partial charge on any atom is -0.309 e. The maximum Gasteiger partial charge on any atom is 0.125 e. The highest BCUT2D eigenvalue weighted by atomic mass is 19.1. The lowest BCUT2D eigenvalue weighted by Gasteiger charge is -2.13. The Morgan fingerprint density at radius 1 is 0.750 bits per heavy atom. The Bertz CT molecular complexity index is 1280. The van der Waals surface area contributed by atoms with E-state index >= 15 is 0 Å². The molecule has 0 radical (unpaired) electrons. The molecule has 5 rings (SSSR count). The molecule has 116 valence electrons. The van der Waals surface area contributed by atoms with E-state index in [9.17, 15) is 4.39 Å². The van der Waals surface area contributed by atoms with Crippen molar-refractivity contribution < 1.29 is 4.39 Å². The van der Waals surface area contributed by atoms with Crippen LogP contribution in [-0.4, -0.2) is 4.40 Å². The molecule has 0 saturated carbocycles. The van der Waals surface area contributed by atoms with Crippen LogP contribution in [0.2, 0.25) is 0 Å². The van der Waals surface area contributed by atoms with Crippen molar-refractivity contribution in [2.45, 2.75) is 13.8 Å². The highest BCUT2D eigenvalue weighted by molar-refractivity contribution is 6.16. The number of aryl methyl sites for hydroxylation is 2. The van der Waals surface area contributed by atoms with E-state index in [1.54, 1.807) is 12.1 Å². The fourth-order valence-electron chi connectivity index (χ4n) is 4.04. The van der Waals surface area contributed by atoms with Gasteiger partial charge in [-0.15, -0.1) is 0 Å². The van der Waals surface area contributed by atoms with E-state index in [0.29, 0.717) is 0 Å². The Morgan fingerprint density at radius 2 is 1.58 bits per heavy atom. The van der Waals surface area contributed by atoms with Crippen molar-refractivity contribution in [1.29, 1.82) is 0 Å². The van der Waals surface area contributed by atoms with Crippen LogP contribution in [-0.2, 0) is 0 Å². The summed E-state index contributed by atoms with van der Waals surface area (Å²) < 4.78 is 16.2. The second-order valence-corrected chi connectivity index (χ2v) is 6.59. The maximum atomic E-state index is 14.0. The van der Waals surface area contributed by atoms with Crippen LogP contribution in [0.4, 0.5) is 4.39 Å². The number of rotatable bonds is 0. The molecule has 0 atom stereocenters. The van der Waals surface area contributed by atoms with Crippen LogP contribution in [0.25, 0.3) is 38.1 Å². The molecule has 0 spiro atoms. The molecule has 3 aromatic carbocycles. The summed E-state index contributed by atoms with van der Waals surface area (Å²) in [5, 5.41) is 4.70. The van der Waals surface area contributed by atoms with Gasteiger partial charge in [0.25, 0.3) is 0 Å². The zero-order chi connectivity index (χ0) is 16.4. The van der Waals surface area contributed by atoms with Crippen LogP contribution < -0.4 is 0 Å². The van der Waals surface area contributed by atoms with Crippen LogP contribution in [0.15, 0.2) is 60.7 Å². The molecular weight excluding hydrogens is 297 g/mol. The minimum atomic E-state index is -0.203. The third-order valence-corrected chi connectivity index (χ3v) is 4.94. The van der Waals surface area contributed by atoms with Crippen LogP contribution in [0.1, 0.15) is 11.1 Å². The molecule has 1 nitrogen and oxygen atoms in total. The molecule has 2 heterocycles. The molecule has 5 aromatic rings. The topological polar surface area (TPSA) is 4.41 Å². The summed E-state index contributed by atoms with van der Waals surface area (Å²) >= 11 is 0. The molecule has 0 bridgehead atoms. The van der Waals surface area contributed by atoms with Gasteiger partial charge in [0.2, 0.25) is 0 Å². The van der Waals surface area contributed by atoms with Crippen molar-refractivity contribution in [1.82, 2.24) is 4.40 Å². The Kier molecular flexibility index (Phi) is 2.58. The zero-order valence-corrected chi connectivity index (χ0v) is 13.6. The smallest absolute Gasteiger partial charge is 0.125 e. The van der Waals surface area contributed by atoms with Crippen LogP contribution in [0, 0.1) is 19.7 Å². The number of halogens is 1. The van der Waals surface area contributed by atoms with E-state index in [2.05, 4.69) is 48.6 Å². The van der Waals surface area contributed by atoms with Crippen molar-refractivity contribution in [3.05, 3.63) is 77.6 Å². The first-order valence-corrected chi connectivity index (χ1v) is 8.16. The molecule has 0 aliphatic heterocycles. The van der Waals surface area contributed by atoms with Gasteiger partial charge in [-0.1, -0.05) is 35.9 Å². The number of fused-ring (bicyclic) bond motifs is 8. The van der Waals surface area contributed by atoms with E-state index in [1.807, 2.05) is 18.2 Å². The maximum absolute atomic E-state index is 14.0. The van der Waals surface area contributed by atoms with E-state index in [-0.39, 0.29) is 5.82 Å². The lowest BCUT2D eigenvalue weighted by Crippen LogP contribution is -1.94. The number of hydrogen-bond donors (Lipinski definition) is 0. The molecule has 0 N–H and O–H groups in total. The number of para-hydroxylation sites is 1. The Morgan fingerprint density at radius 3 is 2.46 bits per heavy atom. The minimum absolute atomic E-state index is 0.203. The summed E-state index contributed by atoms with van der Waals surface area (Å²) in [6, 6.07) is 20.0. The van der Waals surface area contributed by atoms with E-state index < -0.39 is 0 Å². The SMILES string of the molecule is Cc1cc(C)c2c(c1)c1ccc(F)cc1n1c3ccccc3cc21. The monoisotopic (exact) mass is 313 g/mol. The molecular formula is C22H16FN. The summed E-state index contributed by atoms with van der Waals surface area (Å²) in [5.41, 5.74) is 5.66. The molecule has 0 aliphatic carbocycles. The van der Waals surface area contributed by atoms with Crippen LogP contribution in [0.3, 0.4) is 0 Å². The van der Waals surface area contributed by atoms with Crippen molar-refractivity contribution in [2.24, 2.45) is 0 Å². The van der Waals surface area contributed by atoms with Gasteiger partial charge < -0.3 is 4.40 Å². The van der Waals surface area contributed by atoms with E-state index in [1.165, 1.54) is 27.3 Å². The second kappa shape index (κ2) is 4.57. The summed E-state index contributed by atoms with van der Waals surface area (Å²) in [4.78, 5) is 0. The van der Waals surface area contributed by atoms with Crippen molar-refractivity contribution in [3.63, 3.8) is 0 Å². The Labute approximate surface area is 138 Å². The van der Waals surface area contributed by atoms with Gasteiger partial charge >= 0.3 is 0 Å². The van der Waals surface area contributed by atoms with Crippen molar-refractivity contribution in [2.75, 3.05) is 0 Å². The number of nitrogens with zero attached hydrogens (tertiary/aromatic N) is 1. The number of aromatic nitrogens is 1. The number of pyridine rings is 1. The molecule has 2 aromatic heterocycles. The first-order valence-electron chi connectivity index (χ1n) is 8.16. The van der Waals surface area contributed by atoms with Gasteiger partial charge in [0.1, 0.15) is 5.82 Å². The molecule has 0 amide bonds. The van der Waals surface area contributed by atoms with E-state index in [0.717, 1.165) is 21.9 Å². The van der Waals surface area contributed by atoms with Gasteiger partial charge in [0, 0.05) is 16.2 Å². The lowest BCUT2D eigenvalue weighted by atomic mass is 9.98. The fourth-order valence-corrected chi connectivity index (χ4v) is 4.04. The first-order chi connectivity index (χ1) is 11.6. The molecule has 0 unspecified atom stereocenters. The van der Waals surface area contributed by atoms with Gasteiger partial charge in [-0.25, -0.2) is 4.39 Å². The third kappa shape index (κ3) is 1.68. The lowest BCUT2D eigenvalue weighted by molar-refractivity contribution is 0.629. The Hall–Kier alpha value is -2.87. The molecule has 0 fully saturated rings. The van der Waals surface area contributed by atoms with Gasteiger partial charge in [0.05, 0.1) is 16.6 Å². The number of hydrogen-bond acceptors (Lipinski definition) is 0. The second-order valence-electron chi connectivity index (χ2n) is 6.59. The Balaban J connectivity index is 2.23. The summed E-state index contributed by atoms with van der Waals surface area (Å²) in [6.45, 7) is 4.27. The highest BCUT2D eigenvalue weighted by Gasteiger charge is 2.14. The predicted molar refractivity (Wildman–Crippen MR) is 99.3 cm³/mol. The average molecular weight is 313 g/mol. The van der Waals surface area contributed by atoms with Gasteiger partial charge in [-0.2, -0.15) is 0 Å². The van der Waals surface area contributed by atoms with Crippen molar-refractivity contribution >= 4 is 38.1 Å². The van der Waals surface area contributed by atoms with Gasteiger partial charge in [0.15, 0.2) is 0 Å². The zero-order valence-electron chi connectivity index (χ0n) is 13.6. The van der Waals surface area contributed by atoms with E-state index in [4.69, 9.17) is 0 Å². The third-order valence-electron chi connectivity index (χ3n) is 4.94. The van der Waals surface area contributed by atoms with Crippen molar-refractivity contribution in [3.8, 4) is 0 Å². The highest BCUT2D eigenvalue weighted by Crippen LogP contribution is 2.36. The van der Waals surface area contributed by atoms with Crippen LogP contribution >= 0.6 is 0 Å². The standard InChI is InChI=1S/C22H16FN/c1-13-9-14(2)22-18(10-13)17-8-7-16(23)12-20(17)24-19-6-4-3-5-15(19)11-21(22)24/h3-12H,1-2H3. The normalized spacial score (nSPS) is 12.0. The predicted octanol–water partition coefficient (Wildman–Crippen LogP) is 6.15. The fraction of sp³-hybridized carbons (Fsp3) is 0.0909. The summed E-state index contributed by atoms with van der Waals surface area (Å²) in [6.07, 6.45) is 0. The van der Waals surface area contributed by atoms with Crippen LogP contribution in [0.5, 0.6) is 0 Å². The largest absolute Gasteiger partial charge is 0.309 e. The first kappa shape index (κ1) is 13.6. The average Bonchev–Trinajstić information content (AvgIpc) is 2.93. The molecule has 24 heavy (non-hydrogen) atoms.